The topological polar surface area (TPSA) is 51.2 Å². The quantitative estimate of drug-likeness (QED) is 0.835. The number of thiazole rings is 1. The van der Waals surface area contributed by atoms with Gasteiger partial charge in [-0.3, -0.25) is 4.79 Å². The first-order valence-electron chi connectivity index (χ1n) is 6.19. The average Bonchev–Trinajstić information content (AvgIpc) is 2.80. The number of aryl methyl sites for hydroxylation is 1. The van der Waals surface area contributed by atoms with Gasteiger partial charge in [0.15, 0.2) is 0 Å². The summed E-state index contributed by atoms with van der Waals surface area (Å²) in [5.41, 5.74) is 0.806. The van der Waals surface area contributed by atoms with Gasteiger partial charge in [-0.2, -0.15) is 0 Å². The summed E-state index contributed by atoms with van der Waals surface area (Å²) >= 11 is 7.39. The van der Waals surface area contributed by atoms with E-state index in [4.69, 9.17) is 16.3 Å². The molecule has 6 heteroatoms. The van der Waals surface area contributed by atoms with Gasteiger partial charge >= 0.3 is 0 Å². The number of carbonyl (C=O) groups excluding carboxylic acids is 1. The Kier molecular flexibility index (Phi) is 5.38. The highest BCUT2D eigenvalue weighted by Gasteiger charge is 2.05. The summed E-state index contributed by atoms with van der Waals surface area (Å²) in [6.07, 6.45) is 0.307. The van der Waals surface area contributed by atoms with E-state index in [1.54, 1.807) is 23.5 Å². The Hall–Kier alpha value is -1.59. The lowest BCUT2D eigenvalue weighted by molar-refractivity contribution is -0.120. The minimum atomic E-state index is -0.0509. The van der Waals surface area contributed by atoms with E-state index in [-0.39, 0.29) is 5.91 Å². The number of carbonyl (C=O) groups is 1. The van der Waals surface area contributed by atoms with Crippen molar-refractivity contribution >= 4 is 28.8 Å². The molecular weight excluding hydrogens is 296 g/mol. The molecule has 1 heterocycles. The molecule has 2 rings (SSSR count). The van der Waals surface area contributed by atoms with Crippen molar-refractivity contribution in [3.63, 3.8) is 0 Å². The molecule has 1 aromatic carbocycles. The second-order valence-electron chi connectivity index (χ2n) is 4.19. The molecule has 0 saturated carbocycles. The molecular formula is C14H15ClN2O2S. The fraction of sp³-hybridized carbons (Fsp3) is 0.286. The van der Waals surface area contributed by atoms with Crippen molar-refractivity contribution in [2.45, 2.75) is 13.3 Å². The van der Waals surface area contributed by atoms with Gasteiger partial charge in [0.1, 0.15) is 12.4 Å². The van der Waals surface area contributed by atoms with E-state index in [1.807, 2.05) is 24.4 Å². The summed E-state index contributed by atoms with van der Waals surface area (Å²) < 4.78 is 5.48. The molecule has 1 amide bonds. The Morgan fingerprint density at radius 1 is 1.50 bits per heavy atom. The molecule has 0 bridgehead atoms. The molecule has 0 aliphatic heterocycles. The zero-order valence-electron chi connectivity index (χ0n) is 11.1. The minimum absolute atomic E-state index is 0.0509. The van der Waals surface area contributed by atoms with Crippen molar-refractivity contribution in [1.29, 1.82) is 0 Å². The van der Waals surface area contributed by atoms with Crippen molar-refractivity contribution in [1.82, 2.24) is 10.3 Å². The van der Waals surface area contributed by atoms with Crippen molar-refractivity contribution in [2.24, 2.45) is 0 Å². The van der Waals surface area contributed by atoms with Crippen molar-refractivity contribution in [3.05, 3.63) is 45.4 Å². The van der Waals surface area contributed by atoms with E-state index in [2.05, 4.69) is 10.3 Å². The van der Waals surface area contributed by atoms with Gasteiger partial charge in [0.05, 0.1) is 23.7 Å². The van der Waals surface area contributed by atoms with Crippen LogP contribution in [0, 0.1) is 6.92 Å². The zero-order valence-corrected chi connectivity index (χ0v) is 12.6. The van der Waals surface area contributed by atoms with Crippen LogP contribution in [-0.4, -0.2) is 24.0 Å². The number of hydrogen-bond donors (Lipinski definition) is 1. The molecule has 1 N–H and O–H groups in total. The molecule has 20 heavy (non-hydrogen) atoms. The number of nitrogens with zero attached hydrogens (tertiary/aromatic N) is 1. The monoisotopic (exact) mass is 310 g/mol. The normalized spacial score (nSPS) is 10.3. The Labute approximate surface area is 126 Å². The van der Waals surface area contributed by atoms with Crippen LogP contribution in [0.5, 0.6) is 5.75 Å². The third-order valence-electron chi connectivity index (χ3n) is 2.50. The van der Waals surface area contributed by atoms with E-state index in [0.29, 0.717) is 30.3 Å². The molecule has 4 nitrogen and oxygen atoms in total. The van der Waals surface area contributed by atoms with Crippen LogP contribution in [0.4, 0.5) is 0 Å². The first kappa shape index (κ1) is 14.8. The smallest absolute Gasteiger partial charge is 0.226 e. The number of hydrogen-bond acceptors (Lipinski definition) is 4. The van der Waals surface area contributed by atoms with Crippen LogP contribution in [0.15, 0.2) is 29.6 Å². The molecule has 0 radical (unpaired) electrons. The van der Waals surface area contributed by atoms with Gasteiger partial charge in [0.2, 0.25) is 5.91 Å². The maximum Gasteiger partial charge on any atom is 0.226 e. The summed E-state index contributed by atoms with van der Waals surface area (Å²) in [4.78, 5) is 15.9. The van der Waals surface area contributed by atoms with Crippen LogP contribution in [0.3, 0.4) is 0 Å². The lowest BCUT2D eigenvalue weighted by atomic mass is 10.3. The number of amides is 1. The van der Waals surface area contributed by atoms with Crippen LogP contribution in [0.25, 0.3) is 0 Å². The predicted octanol–water partition coefficient (Wildman–Crippen LogP) is 2.84. The number of rotatable bonds is 6. The molecule has 0 aliphatic rings. The van der Waals surface area contributed by atoms with Crippen LogP contribution in [0.2, 0.25) is 5.02 Å². The SMILES string of the molecule is Cc1nc(CC(=O)NCCOc2cccc(Cl)c2)cs1. The lowest BCUT2D eigenvalue weighted by Gasteiger charge is -2.07. The maximum atomic E-state index is 11.7. The second-order valence-corrected chi connectivity index (χ2v) is 5.69. The molecule has 106 valence electrons. The van der Waals surface area contributed by atoms with Gasteiger partial charge < -0.3 is 10.1 Å². The average molecular weight is 311 g/mol. The van der Waals surface area contributed by atoms with Gasteiger partial charge in [-0.05, 0) is 25.1 Å². The van der Waals surface area contributed by atoms with E-state index >= 15 is 0 Å². The Bertz CT molecular complexity index is 586. The molecule has 0 fully saturated rings. The number of benzene rings is 1. The highest BCUT2D eigenvalue weighted by atomic mass is 35.5. The highest BCUT2D eigenvalue weighted by molar-refractivity contribution is 7.09. The van der Waals surface area contributed by atoms with Gasteiger partial charge in [-0.1, -0.05) is 17.7 Å². The molecule has 0 saturated heterocycles. The molecule has 0 spiro atoms. The first-order valence-corrected chi connectivity index (χ1v) is 7.45. The number of ether oxygens (including phenoxy) is 1. The number of nitrogens with one attached hydrogen (secondary N) is 1. The maximum absolute atomic E-state index is 11.7. The third-order valence-corrected chi connectivity index (χ3v) is 3.55. The number of halogens is 1. The standard InChI is InChI=1S/C14H15ClN2O2S/c1-10-17-12(9-20-10)8-14(18)16-5-6-19-13-4-2-3-11(15)7-13/h2-4,7,9H,5-6,8H2,1H3,(H,16,18). The first-order chi connectivity index (χ1) is 9.63. The van der Waals surface area contributed by atoms with Crippen LogP contribution in [-0.2, 0) is 11.2 Å². The van der Waals surface area contributed by atoms with Crippen LogP contribution >= 0.6 is 22.9 Å². The molecule has 2 aromatic rings. The van der Waals surface area contributed by atoms with Gasteiger partial charge in [-0.15, -0.1) is 11.3 Å². The van der Waals surface area contributed by atoms with Crippen LogP contribution in [0.1, 0.15) is 10.7 Å². The fourth-order valence-corrected chi connectivity index (χ4v) is 2.43. The number of aromatic nitrogens is 1. The van der Waals surface area contributed by atoms with Crippen molar-refractivity contribution in [2.75, 3.05) is 13.2 Å². The Balaban J connectivity index is 1.67. The van der Waals surface area contributed by atoms with Gasteiger partial charge in [0.25, 0.3) is 0 Å². The summed E-state index contributed by atoms with van der Waals surface area (Å²) in [6.45, 7) is 2.78. The third kappa shape index (κ3) is 4.83. The largest absolute Gasteiger partial charge is 0.492 e. The van der Waals surface area contributed by atoms with E-state index in [9.17, 15) is 4.79 Å². The highest BCUT2D eigenvalue weighted by Crippen LogP contribution is 2.16. The Morgan fingerprint density at radius 3 is 3.05 bits per heavy atom. The van der Waals surface area contributed by atoms with Crippen molar-refractivity contribution < 1.29 is 9.53 Å². The van der Waals surface area contributed by atoms with E-state index < -0.39 is 0 Å². The molecule has 1 aromatic heterocycles. The lowest BCUT2D eigenvalue weighted by Crippen LogP contribution is -2.29. The molecule has 0 atom stereocenters. The summed E-state index contributed by atoms with van der Waals surface area (Å²) in [6, 6.07) is 7.17. The molecule has 0 unspecified atom stereocenters. The fourth-order valence-electron chi connectivity index (χ4n) is 1.63. The predicted molar refractivity (Wildman–Crippen MR) is 80.5 cm³/mol. The summed E-state index contributed by atoms with van der Waals surface area (Å²) in [5.74, 6) is 0.645. The zero-order chi connectivity index (χ0) is 14.4. The van der Waals surface area contributed by atoms with Crippen molar-refractivity contribution in [3.8, 4) is 5.75 Å². The van der Waals surface area contributed by atoms with E-state index in [0.717, 1.165) is 10.7 Å². The second kappa shape index (κ2) is 7.26. The van der Waals surface area contributed by atoms with E-state index in [1.165, 1.54) is 0 Å². The minimum Gasteiger partial charge on any atom is -0.492 e. The van der Waals surface area contributed by atoms with Gasteiger partial charge in [0, 0.05) is 10.4 Å². The molecule has 0 aliphatic carbocycles. The van der Waals surface area contributed by atoms with Crippen LogP contribution < -0.4 is 10.1 Å². The van der Waals surface area contributed by atoms with Gasteiger partial charge in [-0.25, -0.2) is 4.98 Å². The Morgan fingerprint density at radius 2 is 2.35 bits per heavy atom. The summed E-state index contributed by atoms with van der Waals surface area (Å²) in [7, 11) is 0. The summed E-state index contributed by atoms with van der Waals surface area (Å²) in [5, 5.41) is 6.29.